The number of ether oxygens (including phenoxy) is 1. The topological polar surface area (TPSA) is 57.2 Å². The SMILES string of the molecule is COCCn1cc(/C=C\C(N)=O)c2ccccc21. The van der Waals surface area contributed by atoms with Gasteiger partial charge in [0, 0.05) is 42.4 Å². The molecule has 2 N–H and O–H groups in total. The van der Waals surface area contributed by atoms with Crippen LogP contribution in [0.4, 0.5) is 0 Å². The number of fused-ring (bicyclic) bond motifs is 1. The summed E-state index contributed by atoms with van der Waals surface area (Å²) >= 11 is 0. The molecule has 1 amide bonds. The molecular weight excluding hydrogens is 228 g/mol. The maximum atomic E-state index is 10.8. The van der Waals surface area contributed by atoms with Gasteiger partial charge in [-0.05, 0) is 12.1 Å². The number of benzene rings is 1. The van der Waals surface area contributed by atoms with Crippen LogP contribution < -0.4 is 5.73 Å². The lowest BCUT2D eigenvalue weighted by Gasteiger charge is -2.03. The minimum Gasteiger partial charge on any atom is -0.383 e. The maximum Gasteiger partial charge on any atom is 0.241 e. The van der Waals surface area contributed by atoms with Crippen LogP contribution in [0.2, 0.25) is 0 Å². The number of rotatable bonds is 5. The lowest BCUT2D eigenvalue weighted by Crippen LogP contribution is -2.05. The van der Waals surface area contributed by atoms with E-state index in [-0.39, 0.29) is 0 Å². The molecule has 0 saturated heterocycles. The highest BCUT2D eigenvalue weighted by Crippen LogP contribution is 2.22. The second-order valence-corrected chi connectivity index (χ2v) is 4.02. The maximum absolute atomic E-state index is 10.8. The van der Waals surface area contributed by atoms with Crippen LogP contribution in [0.1, 0.15) is 5.56 Å². The van der Waals surface area contributed by atoms with Gasteiger partial charge in [0.05, 0.1) is 6.61 Å². The van der Waals surface area contributed by atoms with Crippen LogP contribution >= 0.6 is 0 Å². The molecule has 4 heteroatoms. The molecule has 0 saturated carbocycles. The Morgan fingerprint density at radius 3 is 2.94 bits per heavy atom. The highest BCUT2D eigenvalue weighted by atomic mass is 16.5. The molecule has 0 fully saturated rings. The molecule has 18 heavy (non-hydrogen) atoms. The molecule has 2 rings (SSSR count). The van der Waals surface area contributed by atoms with Crippen molar-refractivity contribution in [2.75, 3.05) is 13.7 Å². The van der Waals surface area contributed by atoms with Crippen LogP contribution in [0, 0.1) is 0 Å². The van der Waals surface area contributed by atoms with Gasteiger partial charge in [-0.25, -0.2) is 0 Å². The first-order valence-electron chi connectivity index (χ1n) is 5.76. The second kappa shape index (κ2) is 5.51. The predicted octanol–water partition coefficient (Wildman–Crippen LogP) is 1.79. The number of methoxy groups -OCH3 is 1. The van der Waals surface area contributed by atoms with E-state index in [0.717, 1.165) is 23.0 Å². The van der Waals surface area contributed by atoms with Gasteiger partial charge >= 0.3 is 0 Å². The number of nitrogens with zero attached hydrogens (tertiary/aromatic N) is 1. The number of primary amides is 1. The van der Waals surface area contributed by atoms with E-state index in [1.807, 2.05) is 30.5 Å². The summed E-state index contributed by atoms with van der Waals surface area (Å²) in [5.41, 5.74) is 7.23. The lowest BCUT2D eigenvalue weighted by molar-refractivity contribution is -0.113. The quantitative estimate of drug-likeness (QED) is 0.815. The number of para-hydroxylation sites is 1. The van der Waals surface area contributed by atoms with Crippen LogP contribution in [0.15, 0.2) is 36.5 Å². The number of carbonyl (C=O) groups is 1. The summed E-state index contributed by atoms with van der Waals surface area (Å²) in [5, 5.41) is 1.10. The van der Waals surface area contributed by atoms with Gasteiger partial charge < -0.3 is 15.0 Å². The Morgan fingerprint density at radius 1 is 1.44 bits per heavy atom. The molecule has 0 aliphatic carbocycles. The summed E-state index contributed by atoms with van der Waals surface area (Å²) in [6, 6.07) is 8.05. The average Bonchev–Trinajstić information content (AvgIpc) is 2.72. The zero-order chi connectivity index (χ0) is 13.0. The third-order valence-corrected chi connectivity index (χ3v) is 2.78. The van der Waals surface area contributed by atoms with Crippen LogP contribution in [0.3, 0.4) is 0 Å². The first kappa shape index (κ1) is 12.4. The van der Waals surface area contributed by atoms with Gasteiger partial charge in [0.15, 0.2) is 0 Å². The first-order valence-corrected chi connectivity index (χ1v) is 5.76. The van der Waals surface area contributed by atoms with Crippen molar-refractivity contribution in [1.82, 2.24) is 4.57 Å². The number of carbonyl (C=O) groups excluding carboxylic acids is 1. The number of hydrogen-bond acceptors (Lipinski definition) is 2. The lowest BCUT2D eigenvalue weighted by atomic mass is 10.1. The second-order valence-electron chi connectivity index (χ2n) is 4.02. The fourth-order valence-electron chi connectivity index (χ4n) is 1.95. The molecule has 2 aromatic rings. The molecule has 1 heterocycles. The van der Waals surface area contributed by atoms with E-state index in [4.69, 9.17) is 10.5 Å². The van der Waals surface area contributed by atoms with Gasteiger partial charge in [0.1, 0.15) is 0 Å². The molecule has 0 aliphatic heterocycles. The van der Waals surface area contributed by atoms with Gasteiger partial charge in [-0.2, -0.15) is 0 Å². The van der Waals surface area contributed by atoms with Crippen LogP contribution in [0.5, 0.6) is 0 Å². The number of amides is 1. The summed E-state index contributed by atoms with van der Waals surface area (Å²) in [6.45, 7) is 1.43. The van der Waals surface area contributed by atoms with Crippen molar-refractivity contribution < 1.29 is 9.53 Å². The minimum absolute atomic E-state index is 0.441. The summed E-state index contributed by atoms with van der Waals surface area (Å²) in [5.74, 6) is -0.441. The third-order valence-electron chi connectivity index (χ3n) is 2.78. The highest BCUT2D eigenvalue weighted by Gasteiger charge is 2.05. The Hall–Kier alpha value is -2.07. The standard InChI is InChI=1S/C14H16N2O2/c1-18-9-8-16-10-11(6-7-14(15)17)12-4-2-3-5-13(12)16/h2-7,10H,8-9H2,1H3,(H2,15,17)/b7-6-. The molecule has 0 spiro atoms. The van der Waals surface area contributed by atoms with E-state index in [9.17, 15) is 4.79 Å². The molecule has 0 aliphatic rings. The highest BCUT2D eigenvalue weighted by molar-refractivity contribution is 5.95. The number of hydrogen-bond donors (Lipinski definition) is 1. The van der Waals surface area contributed by atoms with Crippen molar-refractivity contribution in [1.29, 1.82) is 0 Å². The van der Waals surface area contributed by atoms with E-state index in [1.54, 1.807) is 13.2 Å². The smallest absolute Gasteiger partial charge is 0.241 e. The van der Waals surface area contributed by atoms with Crippen molar-refractivity contribution in [3.63, 3.8) is 0 Å². The normalized spacial score (nSPS) is 11.4. The molecular formula is C14H16N2O2. The van der Waals surface area contributed by atoms with E-state index in [2.05, 4.69) is 4.57 Å². The zero-order valence-corrected chi connectivity index (χ0v) is 10.3. The molecule has 0 unspecified atom stereocenters. The van der Waals surface area contributed by atoms with Crippen LogP contribution in [-0.4, -0.2) is 24.2 Å². The zero-order valence-electron chi connectivity index (χ0n) is 10.3. The molecule has 0 bridgehead atoms. The Balaban J connectivity index is 2.43. The Labute approximate surface area is 106 Å². The number of aromatic nitrogens is 1. The summed E-state index contributed by atoms with van der Waals surface area (Å²) in [6.07, 6.45) is 5.12. The molecule has 1 aromatic carbocycles. The van der Waals surface area contributed by atoms with E-state index >= 15 is 0 Å². The number of nitrogens with two attached hydrogens (primary N) is 1. The Kier molecular flexibility index (Phi) is 3.79. The summed E-state index contributed by atoms with van der Waals surface area (Å²) in [4.78, 5) is 10.8. The molecule has 94 valence electrons. The van der Waals surface area contributed by atoms with Crippen molar-refractivity contribution in [3.8, 4) is 0 Å². The van der Waals surface area contributed by atoms with Crippen molar-refractivity contribution in [3.05, 3.63) is 42.1 Å². The van der Waals surface area contributed by atoms with Gasteiger partial charge in [0.25, 0.3) is 0 Å². The Bertz CT molecular complexity index is 584. The van der Waals surface area contributed by atoms with Gasteiger partial charge in [-0.15, -0.1) is 0 Å². The van der Waals surface area contributed by atoms with E-state index in [0.29, 0.717) is 6.61 Å². The Morgan fingerprint density at radius 2 is 2.22 bits per heavy atom. The third kappa shape index (κ3) is 2.60. The summed E-state index contributed by atoms with van der Waals surface area (Å²) < 4.78 is 7.20. The summed E-state index contributed by atoms with van der Waals surface area (Å²) in [7, 11) is 1.68. The largest absolute Gasteiger partial charge is 0.383 e. The fraction of sp³-hybridized carbons (Fsp3) is 0.214. The van der Waals surface area contributed by atoms with E-state index in [1.165, 1.54) is 6.08 Å². The van der Waals surface area contributed by atoms with Crippen LogP contribution in [-0.2, 0) is 16.1 Å². The molecule has 4 nitrogen and oxygen atoms in total. The van der Waals surface area contributed by atoms with Gasteiger partial charge in [-0.3, -0.25) is 4.79 Å². The monoisotopic (exact) mass is 244 g/mol. The predicted molar refractivity (Wildman–Crippen MR) is 72.0 cm³/mol. The molecule has 0 radical (unpaired) electrons. The van der Waals surface area contributed by atoms with Crippen molar-refractivity contribution in [2.45, 2.75) is 6.54 Å². The van der Waals surface area contributed by atoms with Crippen LogP contribution in [0.25, 0.3) is 17.0 Å². The van der Waals surface area contributed by atoms with E-state index < -0.39 is 5.91 Å². The fourth-order valence-corrected chi connectivity index (χ4v) is 1.95. The van der Waals surface area contributed by atoms with Gasteiger partial charge in [0.2, 0.25) is 5.91 Å². The van der Waals surface area contributed by atoms with Crippen molar-refractivity contribution >= 4 is 22.9 Å². The molecule has 0 atom stereocenters. The minimum atomic E-state index is -0.441. The first-order chi connectivity index (χ1) is 8.72. The van der Waals surface area contributed by atoms with Crippen molar-refractivity contribution in [2.24, 2.45) is 5.73 Å². The average molecular weight is 244 g/mol. The molecule has 1 aromatic heterocycles. The van der Waals surface area contributed by atoms with Gasteiger partial charge in [-0.1, -0.05) is 18.2 Å².